The SMILES string of the molecule is N#Cc1ccc(OCC(=O)Nc2cccc(OCc3ccncc3)c2)cc1. The molecule has 1 heterocycles. The van der Waals surface area contributed by atoms with Crippen molar-refractivity contribution in [3.63, 3.8) is 0 Å². The Balaban J connectivity index is 1.50. The summed E-state index contributed by atoms with van der Waals surface area (Å²) < 4.78 is 11.1. The molecule has 1 aromatic heterocycles. The van der Waals surface area contributed by atoms with Crippen LogP contribution in [0.25, 0.3) is 0 Å². The van der Waals surface area contributed by atoms with Gasteiger partial charge in [0.25, 0.3) is 5.91 Å². The van der Waals surface area contributed by atoms with E-state index in [4.69, 9.17) is 14.7 Å². The van der Waals surface area contributed by atoms with Crippen LogP contribution in [0.5, 0.6) is 11.5 Å². The fraction of sp³-hybridized carbons (Fsp3) is 0.0952. The Labute approximate surface area is 157 Å². The molecule has 0 saturated heterocycles. The first-order valence-corrected chi connectivity index (χ1v) is 8.27. The van der Waals surface area contributed by atoms with E-state index in [1.165, 1.54) is 0 Å². The molecule has 0 bridgehead atoms. The molecular weight excluding hydrogens is 342 g/mol. The predicted molar refractivity (Wildman–Crippen MR) is 100 cm³/mol. The molecule has 0 aliphatic rings. The van der Waals surface area contributed by atoms with E-state index in [1.807, 2.05) is 24.3 Å². The molecule has 1 amide bonds. The molecular formula is C21H17N3O3. The van der Waals surface area contributed by atoms with Gasteiger partial charge in [-0.3, -0.25) is 9.78 Å². The molecule has 0 spiro atoms. The first-order valence-electron chi connectivity index (χ1n) is 8.27. The third-order valence-corrected chi connectivity index (χ3v) is 3.63. The Morgan fingerprint density at radius 3 is 2.52 bits per heavy atom. The zero-order chi connectivity index (χ0) is 18.9. The number of rotatable bonds is 7. The minimum Gasteiger partial charge on any atom is -0.489 e. The first kappa shape index (κ1) is 18.0. The van der Waals surface area contributed by atoms with Crippen molar-refractivity contribution in [2.24, 2.45) is 0 Å². The molecule has 0 fully saturated rings. The average molecular weight is 359 g/mol. The highest BCUT2D eigenvalue weighted by molar-refractivity contribution is 5.92. The van der Waals surface area contributed by atoms with E-state index in [9.17, 15) is 4.79 Å². The molecule has 3 aromatic rings. The highest BCUT2D eigenvalue weighted by atomic mass is 16.5. The second-order valence-electron chi connectivity index (χ2n) is 5.65. The molecule has 0 unspecified atom stereocenters. The van der Waals surface area contributed by atoms with Gasteiger partial charge >= 0.3 is 0 Å². The lowest BCUT2D eigenvalue weighted by molar-refractivity contribution is -0.118. The third-order valence-electron chi connectivity index (χ3n) is 3.63. The maximum atomic E-state index is 12.1. The van der Waals surface area contributed by atoms with E-state index in [0.717, 1.165) is 5.56 Å². The average Bonchev–Trinajstić information content (AvgIpc) is 2.72. The van der Waals surface area contributed by atoms with Gasteiger partial charge in [0.1, 0.15) is 18.1 Å². The number of anilines is 1. The summed E-state index contributed by atoms with van der Waals surface area (Å²) in [5.74, 6) is 0.891. The second kappa shape index (κ2) is 9.02. The number of nitrogens with zero attached hydrogens (tertiary/aromatic N) is 2. The van der Waals surface area contributed by atoms with Crippen LogP contribution in [0.4, 0.5) is 5.69 Å². The third kappa shape index (κ3) is 5.58. The maximum absolute atomic E-state index is 12.1. The molecule has 27 heavy (non-hydrogen) atoms. The summed E-state index contributed by atoms with van der Waals surface area (Å²) in [6.45, 7) is 0.287. The van der Waals surface area contributed by atoms with E-state index in [1.54, 1.807) is 54.9 Å². The van der Waals surface area contributed by atoms with Crippen molar-refractivity contribution in [2.75, 3.05) is 11.9 Å². The number of nitrogens with one attached hydrogen (secondary N) is 1. The molecule has 3 rings (SSSR count). The lowest BCUT2D eigenvalue weighted by Crippen LogP contribution is -2.20. The summed E-state index contributed by atoms with van der Waals surface area (Å²) in [6.07, 6.45) is 3.42. The van der Waals surface area contributed by atoms with E-state index in [-0.39, 0.29) is 12.5 Å². The van der Waals surface area contributed by atoms with Gasteiger partial charge in [0, 0.05) is 24.1 Å². The fourth-order valence-corrected chi connectivity index (χ4v) is 2.28. The Kier molecular flexibility index (Phi) is 6.00. The van der Waals surface area contributed by atoms with Gasteiger partial charge in [0.15, 0.2) is 6.61 Å². The standard InChI is InChI=1S/C21H17N3O3/c22-13-16-4-6-19(7-5-16)27-15-21(25)24-18-2-1-3-20(12-18)26-14-17-8-10-23-11-9-17/h1-12H,14-15H2,(H,24,25). The van der Waals surface area contributed by atoms with Crippen molar-refractivity contribution in [3.05, 3.63) is 84.2 Å². The van der Waals surface area contributed by atoms with Gasteiger partial charge in [-0.2, -0.15) is 5.26 Å². The minimum atomic E-state index is -0.286. The van der Waals surface area contributed by atoms with Gasteiger partial charge < -0.3 is 14.8 Å². The summed E-state index contributed by atoms with van der Waals surface area (Å²) in [4.78, 5) is 16.0. The topological polar surface area (TPSA) is 84.2 Å². The fourth-order valence-electron chi connectivity index (χ4n) is 2.28. The molecule has 0 atom stereocenters. The van der Waals surface area contributed by atoms with Crippen LogP contribution in [0.2, 0.25) is 0 Å². The van der Waals surface area contributed by atoms with Crippen LogP contribution in [0.15, 0.2) is 73.1 Å². The Hall–Kier alpha value is -3.85. The number of carbonyl (C=O) groups is 1. The number of ether oxygens (including phenoxy) is 2. The van der Waals surface area contributed by atoms with Crippen molar-refractivity contribution in [3.8, 4) is 17.6 Å². The van der Waals surface area contributed by atoms with Gasteiger partial charge in [-0.05, 0) is 54.1 Å². The van der Waals surface area contributed by atoms with Crippen LogP contribution in [0.3, 0.4) is 0 Å². The lowest BCUT2D eigenvalue weighted by atomic mass is 10.2. The molecule has 6 heteroatoms. The van der Waals surface area contributed by atoms with Crippen molar-refractivity contribution in [2.45, 2.75) is 6.61 Å². The van der Waals surface area contributed by atoms with Crippen molar-refractivity contribution in [1.29, 1.82) is 5.26 Å². The molecule has 2 aromatic carbocycles. The summed E-state index contributed by atoms with van der Waals surface area (Å²) in [5, 5.41) is 11.5. The quantitative estimate of drug-likeness (QED) is 0.697. The Bertz CT molecular complexity index is 935. The number of carbonyl (C=O) groups excluding carboxylic acids is 1. The zero-order valence-electron chi connectivity index (χ0n) is 14.5. The first-order chi connectivity index (χ1) is 13.2. The monoisotopic (exact) mass is 359 g/mol. The van der Waals surface area contributed by atoms with E-state index in [2.05, 4.69) is 10.3 Å². The van der Waals surface area contributed by atoms with Crippen molar-refractivity contribution < 1.29 is 14.3 Å². The van der Waals surface area contributed by atoms with Gasteiger partial charge in [-0.15, -0.1) is 0 Å². The molecule has 0 aliphatic carbocycles. The van der Waals surface area contributed by atoms with Crippen LogP contribution in [0, 0.1) is 11.3 Å². The number of benzene rings is 2. The second-order valence-corrected chi connectivity index (χ2v) is 5.65. The highest BCUT2D eigenvalue weighted by Crippen LogP contribution is 2.19. The molecule has 0 aliphatic heterocycles. The summed E-state index contributed by atoms with van der Waals surface area (Å²) in [5.41, 5.74) is 2.17. The summed E-state index contributed by atoms with van der Waals surface area (Å²) >= 11 is 0. The number of nitriles is 1. The van der Waals surface area contributed by atoms with E-state index < -0.39 is 0 Å². The van der Waals surface area contributed by atoms with Gasteiger partial charge in [0.05, 0.1) is 11.6 Å². The highest BCUT2D eigenvalue weighted by Gasteiger charge is 2.05. The van der Waals surface area contributed by atoms with Gasteiger partial charge in [-0.25, -0.2) is 0 Å². The number of pyridine rings is 1. The normalized spacial score (nSPS) is 9.89. The zero-order valence-corrected chi connectivity index (χ0v) is 14.5. The smallest absolute Gasteiger partial charge is 0.262 e. The van der Waals surface area contributed by atoms with Gasteiger partial charge in [0.2, 0.25) is 0 Å². The molecule has 134 valence electrons. The summed E-state index contributed by atoms with van der Waals surface area (Å²) in [7, 11) is 0. The lowest BCUT2D eigenvalue weighted by Gasteiger charge is -2.10. The van der Waals surface area contributed by atoms with Crippen LogP contribution in [-0.2, 0) is 11.4 Å². The largest absolute Gasteiger partial charge is 0.489 e. The van der Waals surface area contributed by atoms with E-state index in [0.29, 0.717) is 29.4 Å². The van der Waals surface area contributed by atoms with Crippen LogP contribution in [-0.4, -0.2) is 17.5 Å². The van der Waals surface area contributed by atoms with E-state index >= 15 is 0 Å². The van der Waals surface area contributed by atoms with Crippen LogP contribution in [0.1, 0.15) is 11.1 Å². The van der Waals surface area contributed by atoms with Crippen LogP contribution < -0.4 is 14.8 Å². The molecule has 0 saturated carbocycles. The Morgan fingerprint density at radius 1 is 1.00 bits per heavy atom. The number of aromatic nitrogens is 1. The van der Waals surface area contributed by atoms with Crippen LogP contribution >= 0.6 is 0 Å². The molecule has 6 nitrogen and oxygen atoms in total. The van der Waals surface area contributed by atoms with Gasteiger partial charge in [-0.1, -0.05) is 6.07 Å². The number of hydrogen-bond acceptors (Lipinski definition) is 5. The number of amides is 1. The maximum Gasteiger partial charge on any atom is 0.262 e. The summed E-state index contributed by atoms with van der Waals surface area (Å²) in [6, 6.07) is 19.5. The predicted octanol–water partition coefficient (Wildman–Crippen LogP) is 3.55. The molecule has 0 radical (unpaired) electrons. The number of hydrogen-bond donors (Lipinski definition) is 1. The Morgan fingerprint density at radius 2 is 1.78 bits per heavy atom. The van der Waals surface area contributed by atoms with Crippen molar-refractivity contribution >= 4 is 11.6 Å². The molecule has 1 N–H and O–H groups in total. The minimum absolute atomic E-state index is 0.131. The van der Waals surface area contributed by atoms with Crippen molar-refractivity contribution in [1.82, 2.24) is 4.98 Å².